The maximum atomic E-state index is 12.1. The van der Waals surface area contributed by atoms with Crippen LogP contribution in [0.25, 0.3) is 10.9 Å². The van der Waals surface area contributed by atoms with Crippen LogP contribution in [0.4, 0.5) is 18.9 Å². The number of pyridine rings is 1. The van der Waals surface area contributed by atoms with Gasteiger partial charge in [0.15, 0.2) is 0 Å². The minimum absolute atomic E-state index is 0.290. The first-order chi connectivity index (χ1) is 8.28. The molecule has 0 unspecified atom stereocenters. The Bertz CT molecular complexity index is 613. The number of aryl methyl sites for hydroxylation is 1. The molecule has 2 N–H and O–H groups in total. The summed E-state index contributed by atoms with van der Waals surface area (Å²) in [5, 5.41) is 0.784. The van der Waals surface area contributed by atoms with Crippen molar-refractivity contribution < 1.29 is 17.9 Å². The molecule has 0 fully saturated rings. The zero-order valence-electron chi connectivity index (χ0n) is 9.18. The van der Waals surface area contributed by atoms with Crippen LogP contribution < -0.4 is 10.5 Å². The smallest absolute Gasteiger partial charge is 0.406 e. The molecule has 1 aromatic carbocycles. The van der Waals surface area contributed by atoms with Gasteiger partial charge >= 0.3 is 6.36 Å². The third kappa shape index (κ3) is 2.43. The van der Waals surface area contributed by atoms with E-state index in [-0.39, 0.29) is 11.4 Å². The number of aromatic nitrogens is 1. The van der Waals surface area contributed by atoms with E-state index in [0.29, 0.717) is 21.6 Å². The number of nitrogens with two attached hydrogens (primary N) is 1. The second kappa shape index (κ2) is 4.20. The largest absolute Gasteiger partial charge is 0.573 e. The van der Waals surface area contributed by atoms with E-state index in [1.165, 1.54) is 18.2 Å². The van der Waals surface area contributed by atoms with Crippen LogP contribution in [-0.2, 0) is 0 Å². The molecule has 0 amide bonds. The molecule has 7 heteroatoms. The summed E-state index contributed by atoms with van der Waals surface area (Å²) in [7, 11) is 0. The summed E-state index contributed by atoms with van der Waals surface area (Å²) in [5.41, 5.74) is 6.80. The van der Waals surface area contributed by atoms with Gasteiger partial charge < -0.3 is 10.5 Å². The Morgan fingerprint density at radius 1 is 1.33 bits per heavy atom. The Hall–Kier alpha value is -1.69. The fraction of sp³-hybridized carbons (Fsp3) is 0.182. The maximum Gasteiger partial charge on any atom is 0.573 e. The Morgan fingerprint density at radius 2 is 2.00 bits per heavy atom. The molecule has 0 spiro atoms. The van der Waals surface area contributed by atoms with E-state index < -0.39 is 6.36 Å². The fourth-order valence-corrected chi connectivity index (χ4v) is 1.72. The summed E-state index contributed by atoms with van der Waals surface area (Å²) < 4.78 is 40.0. The second-order valence-corrected chi connectivity index (χ2v) is 4.03. The number of hydrogen-bond donors (Lipinski definition) is 1. The van der Waals surface area contributed by atoms with Gasteiger partial charge in [-0.3, -0.25) is 4.98 Å². The summed E-state index contributed by atoms with van der Waals surface area (Å²) in [5.74, 6) is -0.344. The molecule has 0 saturated heterocycles. The standard InChI is InChI=1S/C11H8ClF3N2O/c1-5-9(12)10(16)7-3-2-6(4-8(7)17-5)18-11(13,14)15/h2-4H,1H3,(H2,16,17). The molecule has 0 bridgehead atoms. The van der Waals surface area contributed by atoms with Gasteiger partial charge in [-0.2, -0.15) is 0 Å². The van der Waals surface area contributed by atoms with Crippen molar-refractivity contribution in [1.82, 2.24) is 4.98 Å². The zero-order valence-corrected chi connectivity index (χ0v) is 9.93. The number of benzene rings is 1. The van der Waals surface area contributed by atoms with Crippen LogP contribution >= 0.6 is 11.6 Å². The first kappa shape index (κ1) is 12.8. The number of halogens is 4. The highest BCUT2D eigenvalue weighted by Gasteiger charge is 2.31. The second-order valence-electron chi connectivity index (χ2n) is 3.65. The van der Waals surface area contributed by atoms with Crippen LogP contribution in [-0.4, -0.2) is 11.3 Å². The van der Waals surface area contributed by atoms with Crippen LogP contribution in [0.1, 0.15) is 5.69 Å². The van der Waals surface area contributed by atoms with Gasteiger partial charge in [-0.25, -0.2) is 0 Å². The monoisotopic (exact) mass is 276 g/mol. The lowest BCUT2D eigenvalue weighted by molar-refractivity contribution is -0.274. The summed E-state index contributed by atoms with van der Waals surface area (Å²) in [6.07, 6.45) is -4.74. The summed E-state index contributed by atoms with van der Waals surface area (Å²) >= 11 is 5.90. The molecule has 0 radical (unpaired) electrons. The van der Waals surface area contributed by atoms with Crippen molar-refractivity contribution in [3.63, 3.8) is 0 Å². The van der Waals surface area contributed by atoms with Crippen LogP contribution in [0, 0.1) is 6.92 Å². The van der Waals surface area contributed by atoms with E-state index in [1.807, 2.05) is 0 Å². The predicted octanol–water partition coefficient (Wildman–Crippen LogP) is 3.68. The average Bonchev–Trinajstić information content (AvgIpc) is 2.23. The van der Waals surface area contributed by atoms with Crippen LogP contribution in [0.5, 0.6) is 5.75 Å². The Balaban J connectivity index is 2.56. The lowest BCUT2D eigenvalue weighted by atomic mass is 10.1. The fourth-order valence-electron chi connectivity index (χ4n) is 1.57. The van der Waals surface area contributed by atoms with Crippen molar-refractivity contribution in [2.45, 2.75) is 13.3 Å². The van der Waals surface area contributed by atoms with Gasteiger partial charge in [0.05, 0.1) is 21.9 Å². The van der Waals surface area contributed by atoms with Crippen molar-refractivity contribution in [2.75, 3.05) is 5.73 Å². The maximum absolute atomic E-state index is 12.1. The average molecular weight is 277 g/mol. The molecule has 0 aliphatic carbocycles. The SMILES string of the molecule is Cc1nc2cc(OC(F)(F)F)ccc2c(N)c1Cl. The topological polar surface area (TPSA) is 48.1 Å². The molecule has 0 atom stereocenters. The first-order valence-corrected chi connectivity index (χ1v) is 5.27. The number of rotatable bonds is 1. The number of nitrogen functional groups attached to an aromatic ring is 1. The molecule has 1 heterocycles. The van der Waals surface area contributed by atoms with E-state index >= 15 is 0 Å². The quantitative estimate of drug-likeness (QED) is 0.864. The molecule has 2 aromatic rings. The van der Waals surface area contributed by atoms with Crippen molar-refractivity contribution in [3.05, 3.63) is 28.9 Å². The van der Waals surface area contributed by atoms with Gasteiger partial charge in [0.2, 0.25) is 0 Å². The molecule has 18 heavy (non-hydrogen) atoms. The summed E-state index contributed by atoms with van der Waals surface area (Å²) in [6, 6.07) is 3.73. The highest BCUT2D eigenvalue weighted by molar-refractivity contribution is 6.35. The highest BCUT2D eigenvalue weighted by atomic mass is 35.5. The minimum atomic E-state index is -4.74. The van der Waals surface area contributed by atoms with Gasteiger partial charge in [-0.1, -0.05) is 11.6 Å². The van der Waals surface area contributed by atoms with Gasteiger partial charge in [0.25, 0.3) is 0 Å². The highest BCUT2D eigenvalue weighted by Crippen LogP contribution is 2.32. The first-order valence-electron chi connectivity index (χ1n) is 4.89. The molecule has 0 saturated carbocycles. The molecule has 1 aromatic heterocycles. The molecule has 96 valence electrons. The molecule has 2 rings (SSSR count). The zero-order chi connectivity index (χ0) is 13.5. The van der Waals surface area contributed by atoms with Crippen molar-refractivity contribution in [3.8, 4) is 5.75 Å². The lowest BCUT2D eigenvalue weighted by Gasteiger charge is -2.11. The molecule has 0 aliphatic rings. The van der Waals surface area contributed by atoms with E-state index in [2.05, 4.69) is 9.72 Å². The Kier molecular flexibility index (Phi) is 2.98. The Labute approximate surface area is 105 Å². The third-order valence-electron chi connectivity index (χ3n) is 2.34. The normalized spacial score (nSPS) is 11.8. The van der Waals surface area contributed by atoms with Crippen LogP contribution in [0.15, 0.2) is 18.2 Å². The van der Waals surface area contributed by atoms with Crippen LogP contribution in [0.3, 0.4) is 0 Å². The number of anilines is 1. The number of nitrogens with zero attached hydrogens (tertiary/aromatic N) is 1. The van der Waals surface area contributed by atoms with Gasteiger partial charge in [0.1, 0.15) is 5.75 Å². The summed E-state index contributed by atoms with van der Waals surface area (Å²) in [6.45, 7) is 1.62. The van der Waals surface area contributed by atoms with Crippen molar-refractivity contribution in [1.29, 1.82) is 0 Å². The molecule has 3 nitrogen and oxygen atoms in total. The summed E-state index contributed by atoms with van der Waals surface area (Å²) in [4.78, 5) is 4.07. The number of alkyl halides is 3. The van der Waals surface area contributed by atoms with Gasteiger partial charge in [-0.05, 0) is 19.1 Å². The molecule has 0 aliphatic heterocycles. The van der Waals surface area contributed by atoms with Crippen molar-refractivity contribution in [2.24, 2.45) is 0 Å². The van der Waals surface area contributed by atoms with Gasteiger partial charge in [-0.15, -0.1) is 13.2 Å². The predicted molar refractivity (Wildman–Crippen MR) is 62.6 cm³/mol. The molecular formula is C11H8ClF3N2O. The van der Waals surface area contributed by atoms with Gasteiger partial charge in [0, 0.05) is 11.5 Å². The van der Waals surface area contributed by atoms with Crippen LogP contribution in [0.2, 0.25) is 5.02 Å². The third-order valence-corrected chi connectivity index (χ3v) is 2.81. The van der Waals surface area contributed by atoms with E-state index in [0.717, 1.165) is 0 Å². The van der Waals surface area contributed by atoms with E-state index in [4.69, 9.17) is 17.3 Å². The number of fused-ring (bicyclic) bond motifs is 1. The lowest BCUT2D eigenvalue weighted by Crippen LogP contribution is -2.17. The molecular weight excluding hydrogens is 269 g/mol. The van der Waals surface area contributed by atoms with E-state index in [1.54, 1.807) is 6.92 Å². The number of ether oxygens (including phenoxy) is 1. The number of hydrogen-bond acceptors (Lipinski definition) is 3. The Morgan fingerprint density at radius 3 is 2.61 bits per heavy atom. The minimum Gasteiger partial charge on any atom is -0.406 e. The van der Waals surface area contributed by atoms with E-state index in [9.17, 15) is 13.2 Å². The van der Waals surface area contributed by atoms with Crippen molar-refractivity contribution >= 4 is 28.2 Å².